The molecular formula is C11H13ClN2O5. The lowest BCUT2D eigenvalue weighted by molar-refractivity contribution is -0.384. The van der Waals surface area contributed by atoms with Gasteiger partial charge in [-0.3, -0.25) is 15.4 Å². The number of carbonyl (C=O) groups is 1. The average molecular weight is 289 g/mol. The number of ether oxygens (including phenoxy) is 1. The minimum atomic E-state index is -0.834. The number of hydrogen-bond acceptors (Lipinski definition) is 5. The Morgan fingerprint density at radius 2 is 2.05 bits per heavy atom. The number of nitro groups is 1. The van der Waals surface area contributed by atoms with E-state index < -0.39 is 22.3 Å². The minimum absolute atomic E-state index is 0.148. The van der Waals surface area contributed by atoms with Gasteiger partial charge < -0.3 is 9.84 Å². The quantitative estimate of drug-likeness (QED) is 0.494. The summed E-state index contributed by atoms with van der Waals surface area (Å²) in [6, 6.07) is 1.94. The van der Waals surface area contributed by atoms with Gasteiger partial charge in [-0.25, -0.2) is 4.79 Å². The highest BCUT2D eigenvalue weighted by Gasteiger charge is 2.21. The molecule has 104 valence electrons. The summed E-state index contributed by atoms with van der Waals surface area (Å²) in [5.74, 6) is -0.388. The molecule has 0 aliphatic rings. The average Bonchev–Trinajstić information content (AvgIpc) is 2.18. The minimum Gasteiger partial charge on any atom is -0.506 e. The third-order valence-electron chi connectivity index (χ3n) is 1.90. The Labute approximate surface area is 114 Å². The highest BCUT2D eigenvalue weighted by molar-refractivity contribution is 6.33. The first kappa shape index (κ1) is 15.0. The SMILES string of the molecule is CC(C)(C)OC(=O)Nc1cc([N+](=O)[O-])c(Cl)cc1O. The molecule has 2 N–H and O–H groups in total. The number of nitrogens with zero attached hydrogens (tertiary/aromatic N) is 1. The second-order valence-corrected chi connectivity index (χ2v) is 5.11. The molecule has 1 aromatic carbocycles. The van der Waals surface area contributed by atoms with Gasteiger partial charge in [0.1, 0.15) is 16.4 Å². The van der Waals surface area contributed by atoms with Crippen molar-refractivity contribution >= 4 is 29.1 Å². The molecule has 8 heteroatoms. The monoisotopic (exact) mass is 288 g/mol. The van der Waals surface area contributed by atoms with Crippen molar-refractivity contribution in [3.63, 3.8) is 0 Å². The molecule has 1 aromatic rings. The van der Waals surface area contributed by atoms with Crippen molar-refractivity contribution in [2.45, 2.75) is 26.4 Å². The lowest BCUT2D eigenvalue weighted by Crippen LogP contribution is -2.27. The number of aromatic hydroxyl groups is 1. The highest BCUT2D eigenvalue weighted by Crippen LogP contribution is 2.35. The Hall–Kier alpha value is -2.02. The molecule has 1 amide bonds. The van der Waals surface area contributed by atoms with Gasteiger partial charge in [0.15, 0.2) is 0 Å². The first-order valence-corrected chi connectivity index (χ1v) is 5.65. The number of anilines is 1. The summed E-state index contributed by atoms with van der Waals surface area (Å²) in [4.78, 5) is 21.5. The summed E-state index contributed by atoms with van der Waals surface area (Å²) in [6.07, 6.45) is -0.834. The number of rotatable bonds is 2. The predicted molar refractivity (Wildman–Crippen MR) is 69.6 cm³/mol. The Morgan fingerprint density at radius 3 is 2.53 bits per heavy atom. The van der Waals surface area contributed by atoms with Crippen LogP contribution in [-0.2, 0) is 4.74 Å². The molecule has 0 atom stereocenters. The van der Waals surface area contributed by atoms with Crippen molar-refractivity contribution in [2.75, 3.05) is 5.32 Å². The van der Waals surface area contributed by atoms with Crippen LogP contribution in [0, 0.1) is 10.1 Å². The van der Waals surface area contributed by atoms with Gasteiger partial charge in [-0.05, 0) is 20.8 Å². The molecule has 0 saturated heterocycles. The molecule has 0 heterocycles. The normalized spacial score (nSPS) is 10.9. The van der Waals surface area contributed by atoms with E-state index in [9.17, 15) is 20.0 Å². The number of halogens is 1. The van der Waals surface area contributed by atoms with Crippen molar-refractivity contribution < 1.29 is 19.6 Å². The fourth-order valence-electron chi connectivity index (χ4n) is 1.20. The van der Waals surface area contributed by atoms with E-state index in [-0.39, 0.29) is 16.5 Å². The van der Waals surface area contributed by atoms with Crippen molar-refractivity contribution in [2.24, 2.45) is 0 Å². The first-order chi connectivity index (χ1) is 8.60. The zero-order valence-electron chi connectivity index (χ0n) is 10.6. The number of nitrogens with one attached hydrogen (secondary N) is 1. The van der Waals surface area contributed by atoms with Gasteiger partial charge in [0.25, 0.3) is 5.69 Å². The zero-order valence-corrected chi connectivity index (χ0v) is 11.3. The maximum absolute atomic E-state index is 11.5. The number of amides is 1. The van der Waals surface area contributed by atoms with E-state index in [1.165, 1.54) is 0 Å². The Balaban J connectivity index is 2.99. The fourth-order valence-corrected chi connectivity index (χ4v) is 1.43. The zero-order chi connectivity index (χ0) is 14.8. The van der Waals surface area contributed by atoms with Crippen LogP contribution in [0.3, 0.4) is 0 Å². The summed E-state index contributed by atoms with van der Waals surface area (Å²) in [6.45, 7) is 4.99. The summed E-state index contributed by atoms with van der Waals surface area (Å²) in [5.41, 5.74) is -1.30. The third kappa shape index (κ3) is 4.29. The largest absolute Gasteiger partial charge is 0.506 e. The summed E-state index contributed by atoms with van der Waals surface area (Å²) in [7, 11) is 0. The number of hydrogen-bond donors (Lipinski definition) is 2. The lowest BCUT2D eigenvalue weighted by Gasteiger charge is -2.19. The molecule has 0 bridgehead atoms. The van der Waals surface area contributed by atoms with Gasteiger partial charge >= 0.3 is 6.09 Å². The van der Waals surface area contributed by atoms with Crippen molar-refractivity contribution in [3.8, 4) is 5.75 Å². The van der Waals surface area contributed by atoms with Crippen LogP contribution in [0.5, 0.6) is 5.75 Å². The molecule has 0 fully saturated rings. The lowest BCUT2D eigenvalue weighted by atomic mass is 10.2. The van der Waals surface area contributed by atoms with E-state index in [1.54, 1.807) is 20.8 Å². The van der Waals surface area contributed by atoms with Crippen LogP contribution in [0.15, 0.2) is 12.1 Å². The molecule has 1 rings (SSSR count). The van der Waals surface area contributed by atoms with Gasteiger partial charge in [-0.1, -0.05) is 11.6 Å². The smallest absolute Gasteiger partial charge is 0.412 e. The summed E-state index contributed by atoms with van der Waals surface area (Å²) >= 11 is 5.59. The molecule has 7 nitrogen and oxygen atoms in total. The standard InChI is InChI=1S/C11H13ClN2O5/c1-11(2,3)19-10(16)13-7-5-8(14(17)18)6(12)4-9(7)15/h4-5,15H,1-3H3,(H,13,16). The van der Waals surface area contributed by atoms with Gasteiger partial charge in [0.2, 0.25) is 0 Å². The molecule has 19 heavy (non-hydrogen) atoms. The Bertz CT molecular complexity index is 525. The van der Waals surface area contributed by atoms with E-state index >= 15 is 0 Å². The summed E-state index contributed by atoms with van der Waals surface area (Å²) in [5, 5.41) is 22.3. The molecule has 0 radical (unpaired) electrons. The number of phenols is 1. The Kier molecular flexibility index (Phi) is 4.21. The number of nitro benzene ring substituents is 1. The summed E-state index contributed by atoms with van der Waals surface area (Å²) < 4.78 is 4.96. The maximum Gasteiger partial charge on any atom is 0.412 e. The molecule has 0 spiro atoms. The number of benzene rings is 1. The second kappa shape index (κ2) is 5.31. The molecule has 0 unspecified atom stereocenters. The van der Waals surface area contributed by atoms with Crippen LogP contribution in [0.2, 0.25) is 5.02 Å². The van der Waals surface area contributed by atoms with E-state index in [0.29, 0.717) is 0 Å². The van der Waals surface area contributed by atoms with Gasteiger partial charge in [0.05, 0.1) is 10.6 Å². The van der Waals surface area contributed by atoms with E-state index in [2.05, 4.69) is 5.32 Å². The maximum atomic E-state index is 11.5. The van der Waals surface area contributed by atoms with Crippen LogP contribution in [0.4, 0.5) is 16.2 Å². The molecule has 0 aliphatic carbocycles. The second-order valence-electron chi connectivity index (χ2n) is 4.70. The highest BCUT2D eigenvalue weighted by atomic mass is 35.5. The fraction of sp³-hybridized carbons (Fsp3) is 0.364. The van der Waals surface area contributed by atoms with E-state index in [1.807, 2.05) is 0 Å². The van der Waals surface area contributed by atoms with Crippen LogP contribution in [0.25, 0.3) is 0 Å². The molecule has 0 aliphatic heterocycles. The van der Waals surface area contributed by atoms with Crippen LogP contribution >= 0.6 is 11.6 Å². The van der Waals surface area contributed by atoms with Crippen LogP contribution in [0.1, 0.15) is 20.8 Å². The van der Waals surface area contributed by atoms with Crippen molar-refractivity contribution in [1.82, 2.24) is 0 Å². The first-order valence-electron chi connectivity index (χ1n) is 5.27. The van der Waals surface area contributed by atoms with Crippen molar-refractivity contribution in [3.05, 3.63) is 27.3 Å². The van der Waals surface area contributed by atoms with E-state index in [4.69, 9.17) is 16.3 Å². The van der Waals surface area contributed by atoms with Gasteiger partial charge in [0, 0.05) is 12.1 Å². The Morgan fingerprint density at radius 1 is 1.47 bits per heavy atom. The topological polar surface area (TPSA) is 102 Å². The van der Waals surface area contributed by atoms with Gasteiger partial charge in [-0.15, -0.1) is 0 Å². The van der Waals surface area contributed by atoms with E-state index in [0.717, 1.165) is 12.1 Å². The van der Waals surface area contributed by atoms with Crippen molar-refractivity contribution in [1.29, 1.82) is 0 Å². The third-order valence-corrected chi connectivity index (χ3v) is 2.20. The molecular weight excluding hydrogens is 276 g/mol. The number of carbonyl (C=O) groups excluding carboxylic acids is 1. The van der Waals surface area contributed by atoms with Crippen LogP contribution in [-0.4, -0.2) is 21.7 Å². The van der Waals surface area contributed by atoms with Crippen LogP contribution < -0.4 is 5.32 Å². The predicted octanol–water partition coefficient (Wildman–Crippen LogP) is 3.30. The molecule has 0 aromatic heterocycles. The number of phenolic OH excluding ortho intramolecular Hbond substituents is 1. The molecule has 0 saturated carbocycles. The van der Waals surface area contributed by atoms with Gasteiger partial charge in [-0.2, -0.15) is 0 Å².